The summed E-state index contributed by atoms with van der Waals surface area (Å²) in [6, 6.07) is 1.99. The monoisotopic (exact) mass is 300 g/mol. The van der Waals surface area contributed by atoms with Gasteiger partial charge in [-0.1, -0.05) is 0 Å². The third-order valence-corrected chi connectivity index (χ3v) is 3.48. The number of aromatic nitrogens is 4. The molecule has 2 N–H and O–H groups in total. The molecule has 1 saturated heterocycles. The zero-order valence-corrected chi connectivity index (χ0v) is 11.9. The van der Waals surface area contributed by atoms with Crippen molar-refractivity contribution >= 4 is 17.7 Å². The minimum atomic E-state index is -1.08. The maximum absolute atomic E-state index is 10.8. The van der Waals surface area contributed by atoms with Crippen LogP contribution in [0.15, 0.2) is 30.9 Å². The Morgan fingerprint density at radius 3 is 2.73 bits per heavy atom. The van der Waals surface area contributed by atoms with Crippen molar-refractivity contribution in [2.24, 2.45) is 0 Å². The number of rotatable bonds is 4. The molecule has 1 fully saturated rings. The summed E-state index contributed by atoms with van der Waals surface area (Å²) in [5.41, 5.74) is -0.0616. The van der Waals surface area contributed by atoms with Crippen molar-refractivity contribution in [3.05, 3.63) is 36.5 Å². The third kappa shape index (κ3) is 3.27. The van der Waals surface area contributed by atoms with Crippen molar-refractivity contribution in [2.45, 2.75) is 18.9 Å². The minimum Gasteiger partial charge on any atom is -0.476 e. The lowest BCUT2D eigenvalue weighted by Crippen LogP contribution is -2.43. The van der Waals surface area contributed by atoms with Crippen molar-refractivity contribution in [1.82, 2.24) is 19.9 Å². The SMILES string of the molecule is O=C(O)c1cnc(NC2CCCN(c3ncccn3)C2)cn1. The molecule has 0 radical (unpaired) electrons. The molecule has 1 aliphatic rings. The van der Waals surface area contributed by atoms with Gasteiger partial charge in [0.2, 0.25) is 5.95 Å². The van der Waals surface area contributed by atoms with E-state index in [1.807, 2.05) is 0 Å². The molecule has 0 aliphatic carbocycles. The van der Waals surface area contributed by atoms with Gasteiger partial charge < -0.3 is 15.3 Å². The molecule has 114 valence electrons. The number of carboxylic acids is 1. The van der Waals surface area contributed by atoms with Gasteiger partial charge in [0.05, 0.1) is 12.4 Å². The van der Waals surface area contributed by atoms with Crippen LogP contribution in [0, 0.1) is 0 Å². The molecule has 8 heteroatoms. The van der Waals surface area contributed by atoms with Gasteiger partial charge in [-0.15, -0.1) is 0 Å². The topological polar surface area (TPSA) is 104 Å². The van der Waals surface area contributed by atoms with Gasteiger partial charge in [-0.2, -0.15) is 0 Å². The zero-order chi connectivity index (χ0) is 15.4. The molecule has 2 aromatic rings. The highest BCUT2D eigenvalue weighted by Gasteiger charge is 2.21. The van der Waals surface area contributed by atoms with E-state index in [9.17, 15) is 4.79 Å². The van der Waals surface area contributed by atoms with E-state index >= 15 is 0 Å². The third-order valence-electron chi connectivity index (χ3n) is 3.48. The predicted octanol–water partition coefficient (Wildman–Crippen LogP) is 1.05. The molecule has 0 aromatic carbocycles. The molecule has 3 heterocycles. The molecule has 1 unspecified atom stereocenters. The molecule has 3 rings (SSSR count). The van der Waals surface area contributed by atoms with E-state index in [4.69, 9.17) is 5.11 Å². The van der Waals surface area contributed by atoms with E-state index in [1.54, 1.807) is 18.5 Å². The van der Waals surface area contributed by atoms with E-state index in [0.29, 0.717) is 5.82 Å². The fourth-order valence-corrected chi connectivity index (χ4v) is 2.45. The number of nitrogens with one attached hydrogen (secondary N) is 1. The molecule has 0 amide bonds. The summed E-state index contributed by atoms with van der Waals surface area (Å²) < 4.78 is 0. The summed E-state index contributed by atoms with van der Waals surface area (Å²) in [5, 5.41) is 12.1. The van der Waals surface area contributed by atoms with Gasteiger partial charge in [0, 0.05) is 31.5 Å². The van der Waals surface area contributed by atoms with Crippen LogP contribution < -0.4 is 10.2 Å². The highest BCUT2D eigenvalue weighted by Crippen LogP contribution is 2.17. The van der Waals surface area contributed by atoms with Crippen molar-refractivity contribution < 1.29 is 9.90 Å². The Hall–Kier alpha value is -2.77. The summed E-state index contributed by atoms with van der Waals surface area (Å²) in [5.74, 6) is 0.219. The van der Waals surface area contributed by atoms with Crippen LogP contribution in [-0.2, 0) is 0 Å². The summed E-state index contributed by atoms with van der Waals surface area (Å²) in [6.07, 6.45) is 8.19. The van der Waals surface area contributed by atoms with Gasteiger partial charge in [-0.3, -0.25) is 0 Å². The van der Waals surface area contributed by atoms with Crippen LogP contribution in [0.1, 0.15) is 23.3 Å². The van der Waals surface area contributed by atoms with E-state index in [1.165, 1.54) is 12.4 Å². The lowest BCUT2D eigenvalue weighted by atomic mass is 10.1. The average Bonchev–Trinajstić information content (AvgIpc) is 2.56. The lowest BCUT2D eigenvalue weighted by molar-refractivity contribution is 0.0690. The molecule has 0 bridgehead atoms. The van der Waals surface area contributed by atoms with Gasteiger partial charge in [-0.25, -0.2) is 24.7 Å². The Balaban J connectivity index is 1.64. The Labute approximate surface area is 127 Å². The van der Waals surface area contributed by atoms with Crippen molar-refractivity contribution in [3.8, 4) is 0 Å². The van der Waals surface area contributed by atoms with Crippen LogP contribution in [0.3, 0.4) is 0 Å². The molecule has 8 nitrogen and oxygen atoms in total. The van der Waals surface area contributed by atoms with Crippen molar-refractivity contribution in [3.63, 3.8) is 0 Å². The van der Waals surface area contributed by atoms with Crippen LogP contribution in [0.2, 0.25) is 0 Å². The first-order chi connectivity index (χ1) is 10.7. The van der Waals surface area contributed by atoms with Crippen molar-refractivity contribution in [1.29, 1.82) is 0 Å². The number of hydrogen-bond acceptors (Lipinski definition) is 7. The second-order valence-corrected chi connectivity index (χ2v) is 5.07. The van der Waals surface area contributed by atoms with Crippen molar-refractivity contribution in [2.75, 3.05) is 23.3 Å². The number of aromatic carboxylic acids is 1. The summed E-state index contributed by atoms with van der Waals surface area (Å²) in [4.78, 5) is 29.4. The molecule has 2 aromatic heterocycles. The van der Waals surface area contributed by atoms with E-state index < -0.39 is 5.97 Å². The number of hydrogen-bond donors (Lipinski definition) is 2. The maximum atomic E-state index is 10.8. The molecular formula is C14H16N6O2. The Morgan fingerprint density at radius 1 is 1.23 bits per heavy atom. The van der Waals surface area contributed by atoms with Gasteiger partial charge in [0.15, 0.2) is 5.69 Å². The molecule has 1 atom stereocenters. The van der Waals surface area contributed by atoms with E-state index in [-0.39, 0.29) is 11.7 Å². The quantitative estimate of drug-likeness (QED) is 0.863. The van der Waals surface area contributed by atoms with Gasteiger partial charge in [0.1, 0.15) is 5.82 Å². The Bertz CT molecular complexity index is 634. The second-order valence-electron chi connectivity index (χ2n) is 5.07. The molecule has 1 aliphatic heterocycles. The molecular weight excluding hydrogens is 284 g/mol. The molecule has 0 spiro atoms. The summed E-state index contributed by atoms with van der Waals surface area (Å²) >= 11 is 0. The van der Waals surface area contributed by atoms with Gasteiger partial charge in [-0.05, 0) is 18.9 Å². The first-order valence-electron chi connectivity index (χ1n) is 7.06. The largest absolute Gasteiger partial charge is 0.476 e. The minimum absolute atomic E-state index is 0.0616. The van der Waals surface area contributed by atoms with E-state index in [0.717, 1.165) is 31.9 Å². The van der Waals surface area contributed by atoms with Crippen LogP contribution in [0.5, 0.6) is 0 Å². The molecule has 22 heavy (non-hydrogen) atoms. The smallest absolute Gasteiger partial charge is 0.356 e. The van der Waals surface area contributed by atoms with Crippen LogP contribution in [-0.4, -0.2) is 50.1 Å². The first-order valence-corrected chi connectivity index (χ1v) is 7.06. The van der Waals surface area contributed by atoms with Gasteiger partial charge in [0.25, 0.3) is 0 Å². The number of nitrogens with zero attached hydrogens (tertiary/aromatic N) is 5. The highest BCUT2D eigenvalue weighted by atomic mass is 16.4. The second kappa shape index (κ2) is 6.33. The standard InChI is InChI=1S/C14H16N6O2/c21-13(22)11-7-18-12(8-17-11)19-10-3-1-6-20(9-10)14-15-4-2-5-16-14/h2,4-5,7-8,10H,1,3,6,9H2,(H,18,19)(H,21,22). The fraction of sp³-hybridized carbons (Fsp3) is 0.357. The van der Waals surface area contributed by atoms with Gasteiger partial charge >= 0.3 is 5.97 Å². The lowest BCUT2D eigenvalue weighted by Gasteiger charge is -2.33. The number of carbonyl (C=O) groups is 1. The predicted molar refractivity (Wildman–Crippen MR) is 79.9 cm³/mol. The normalized spacial score (nSPS) is 18.0. The van der Waals surface area contributed by atoms with Crippen LogP contribution in [0.4, 0.5) is 11.8 Å². The number of anilines is 2. The highest BCUT2D eigenvalue weighted by molar-refractivity contribution is 5.84. The number of carboxylic acid groups (broad SMARTS) is 1. The Kier molecular flexibility index (Phi) is 4.08. The zero-order valence-electron chi connectivity index (χ0n) is 11.9. The summed E-state index contributed by atoms with van der Waals surface area (Å²) in [7, 11) is 0. The number of piperidine rings is 1. The Morgan fingerprint density at radius 2 is 2.05 bits per heavy atom. The van der Waals surface area contributed by atoms with Crippen LogP contribution in [0.25, 0.3) is 0 Å². The first kappa shape index (κ1) is 14.2. The van der Waals surface area contributed by atoms with E-state index in [2.05, 4.69) is 30.2 Å². The summed E-state index contributed by atoms with van der Waals surface area (Å²) in [6.45, 7) is 1.69. The fourth-order valence-electron chi connectivity index (χ4n) is 2.45. The maximum Gasteiger partial charge on any atom is 0.356 e. The van der Waals surface area contributed by atoms with Crippen LogP contribution >= 0.6 is 0 Å². The average molecular weight is 300 g/mol. The molecule has 0 saturated carbocycles.